The van der Waals surface area contributed by atoms with E-state index >= 15 is 0 Å². The molecule has 1 N–H and O–H groups in total. The molecular weight excluding hydrogens is 282 g/mol. The molecule has 0 radical (unpaired) electrons. The molecule has 2 aromatic heterocycles. The van der Waals surface area contributed by atoms with E-state index in [2.05, 4.69) is 4.98 Å². The Balaban J connectivity index is 1.89. The molecule has 0 aromatic carbocycles. The van der Waals surface area contributed by atoms with Gasteiger partial charge in [-0.05, 0) is 37.8 Å². The SMILES string of the molecule is N#Cc1cc2c(=O)n(CC[C@H]3CCCCO3)ccc2[nH]c1=O. The van der Waals surface area contributed by atoms with Gasteiger partial charge < -0.3 is 14.3 Å². The van der Waals surface area contributed by atoms with Gasteiger partial charge in [0.25, 0.3) is 11.1 Å². The molecule has 0 unspecified atom stereocenters. The molecule has 0 spiro atoms. The van der Waals surface area contributed by atoms with E-state index < -0.39 is 5.56 Å². The lowest BCUT2D eigenvalue weighted by Gasteiger charge is -2.22. The van der Waals surface area contributed by atoms with E-state index in [1.165, 1.54) is 12.5 Å². The second-order valence-electron chi connectivity index (χ2n) is 5.54. The van der Waals surface area contributed by atoms with Crippen LogP contribution < -0.4 is 11.1 Å². The molecule has 1 fully saturated rings. The zero-order chi connectivity index (χ0) is 15.5. The summed E-state index contributed by atoms with van der Waals surface area (Å²) in [7, 11) is 0. The first-order chi connectivity index (χ1) is 10.7. The van der Waals surface area contributed by atoms with E-state index in [1.807, 2.05) is 0 Å². The highest BCUT2D eigenvalue weighted by atomic mass is 16.5. The minimum Gasteiger partial charge on any atom is -0.378 e. The van der Waals surface area contributed by atoms with Gasteiger partial charge in [0.1, 0.15) is 11.6 Å². The molecule has 1 aliphatic rings. The first-order valence-electron chi connectivity index (χ1n) is 7.47. The fraction of sp³-hybridized carbons (Fsp3) is 0.438. The maximum atomic E-state index is 12.5. The predicted molar refractivity (Wildman–Crippen MR) is 81.8 cm³/mol. The van der Waals surface area contributed by atoms with Crippen molar-refractivity contribution in [3.63, 3.8) is 0 Å². The number of nitrogens with zero attached hydrogens (tertiary/aromatic N) is 2. The van der Waals surface area contributed by atoms with Gasteiger partial charge in [-0.2, -0.15) is 5.26 Å². The van der Waals surface area contributed by atoms with Crippen LogP contribution in [0.1, 0.15) is 31.2 Å². The third kappa shape index (κ3) is 2.81. The van der Waals surface area contributed by atoms with E-state index in [0.29, 0.717) is 17.4 Å². The second kappa shape index (κ2) is 6.16. The lowest BCUT2D eigenvalue weighted by Crippen LogP contribution is -2.26. The smallest absolute Gasteiger partial charge is 0.266 e. The summed E-state index contributed by atoms with van der Waals surface area (Å²) in [5, 5.41) is 9.28. The minimum absolute atomic E-state index is 0.0436. The Morgan fingerprint density at radius 2 is 2.27 bits per heavy atom. The second-order valence-corrected chi connectivity index (χ2v) is 5.54. The Labute approximate surface area is 127 Å². The molecule has 1 aliphatic heterocycles. The van der Waals surface area contributed by atoms with Gasteiger partial charge >= 0.3 is 0 Å². The summed E-state index contributed by atoms with van der Waals surface area (Å²) < 4.78 is 7.28. The third-order valence-electron chi connectivity index (χ3n) is 4.07. The highest BCUT2D eigenvalue weighted by Crippen LogP contribution is 2.16. The quantitative estimate of drug-likeness (QED) is 0.930. The number of fused-ring (bicyclic) bond motifs is 1. The first-order valence-corrected chi connectivity index (χ1v) is 7.47. The number of pyridine rings is 2. The molecule has 3 heterocycles. The number of rotatable bonds is 3. The van der Waals surface area contributed by atoms with Crippen molar-refractivity contribution in [1.29, 1.82) is 5.26 Å². The topological polar surface area (TPSA) is 87.9 Å². The van der Waals surface area contributed by atoms with Crippen LogP contribution in [-0.4, -0.2) is 22.3 Å². The van der Waals surface area contributed by atoms with Crippen LogP contribution in [0.25, 0.3) is 10.9 Å². The van der Waals surface area contributed by atoms with Gasteiger partial charge in [-0.1, -0.05) is 0 Å². The molecular formula is C16H17N3O3. The zero-order valence-electron chi connectivity index (χ0n) is 12.2. The van der Waals surface area contributed by atoms with Crippen LogP contribution in [0.5, 0.6) is 0 Å². The van der Waals surface area contributed by atoms with E-state index in [0.717, 1.165) is 25.9 Å². The highest BCUT2D eigenvalue weighted by Gasteiger charge is 2.14. The molecule has 1 atom stereocenters. The summed E-state index contributed by atoms with van der Waals surface area (Å²) in [6.45, 7) is 1.37. The van der Waals surface area contributed by atoms with E-state index in [1.54, 1.807) is 22.9 Å². The maximum Gasteiger partial charge on any atom is 0.266 e. The maximum absolute atomic E-state index is 12.5. The normalized spacial score (nSPS) is 18.2. The third-order valence-corrected chi connectivity index (χ3v) is 4.07. The number of aryl methyl sites for hydroxylation is 1. The minimum atomic E-state index is -0.470. The number of nitrogens with one attached hydrogen (secondary N) is 1. The largest absolute Gasteiger partial charge is 0.378 e. The summed E-state index contributed by atoms with van der Waals surface area (Å²) in [5.41, 5.74) is -0.249. The van der Waals surface area contributed by atoms with Crippen molar-refractivity contribution in [2.75, 3.05) is 6.61 Å². The van der Waals surface area contributed by atoms with Gasteiger partial charge in [0, 0.05) is 19.3 Å². The molecule has 0 saturated carbocycles. The van der Waals surface area contributed by atoms with Crippen LogP contribution in [0.3, 0.4) is 0 Å². The van der Waals surface area contributed by atoms with Gasteiger partial charge in [-0.15, -0.1) is 0 Å². The number of aromatic amines is 1. The Kier molecular flexibility index (Phi) is 4.07. The molecule has 0 bridgehead atoms. The Morgan fingerprint density at radius 1 is 1.41 bits per heavy atom. The Hall–Kier alpha value is -2.39. The van der Waals surface area contributed by atoms with Crippen molar-refractivity contribution in [3.8, 4) is 6.07 Å². The van der Waals surface area contributed by atoms with Gasteiger partial charge in [0.15, 0.2) is 0 Å². The molecule has 6 heteroatoms. The number of hydrogen-bond donors (Lipinski definition) is 1. The Bertz CT molecular complexity index is 838. The molecule has 6 nitrogen and oxygen atoms in total. The zero-order valence-corrected chi connectivity index (χ0v) is 12.2. The monoisotopic (exact) mass is 299 g/mol. The summed E-state index contributed by atoms with van der Waals surface area (Å²) in [4.78, 5) is 26.6. The summed E-state index contributed by atoms with van der Waals surface area (Å²) in [6.07, 6.45) is 5.99. The van der Waals surface area contributed by atoms with E-state index in [9.17, 15) is 9.59 Å². The molecule has 0 aliphatic carbocycles. The van der Waals surface area contributed by atoms with Crippen LogP contribution in [0.15, 0.2) is 27.9 Å². The van der Waals surface area contributed by atoms with Gasteiger partial charge in [0.05, 0.1) is 17.0 Å². The standard InChI is InChI=1S/C16H17N3O3/c17-10-11-9-13-14(18-15(11)20)5-7-19(16(13)21)6-4-12-3-1-2-8-22-12/h5,7,9,12H,1-4,6,8H2,(H,18,20)/t12-/m1/s1. The average Bonchev–Trinajstić information content (AvgIpc) is 2.55. The fourth-order valence-corrected chi connectivity index (χ4v) is 2.82. The van der Waals surface area contributed by atoms with Gasteiger partial charge in [0.2, 0.25) is 0 Å². The summed E-state index contributed by atoms with van der Waals surface area (Å²) in [6, 6.07) is 4.87. The summed E-state index contributed by atoms with van der Waals surface area (Å²) in [5.74, 6) is 0. The van der Waals surface area contributed by atoms with E-state index in [-0.39, 0.29) is 17.2 Å². The van der Waals surface area contributed by atoms with Crippen molar-refractivity contribution in [1.82, 2.24) is 9.55 Å². The highest BCUT2D eigenvalue weighted by molar-refractivity contribution is 5.78. The predicted octanol–water partition coefficient (Wildman–Crippen LogP) is 1.52. The molecule has 3 rings (SSSR count). The average molecular weight is 299 g/mol. The van der Waals surface area contributed by atoms with Gasteiger partial charge in [-0.3, -0.25) is 9.59 Å². The van der Waals surface area contributed by atoms with Crippen LogP contribution in [0.4, 0.5) is 0 Å². The van der Waals surface area contributed by atoms with Crippen LogP contribution in [-0.2, 0) is 11.3 Å². The molecule has 1 saturated heterocycles. The molecule has 2 aromatic rings. The van der Waals surface area contributed by atoms with Crippen molar-refractivity contribution < 1.29 is 4.74 Å². The number of hydrogen-bond acceptors (Lipinski definition) is 4. The van der Waals surface area contributed by atoms with Crippen LogP contribution in [0, 0.1) is 11.3 Å². The number of nitriles is 1. The van der Waals surface area contributed by atoms with Gasteiger partial charge in [-0.25, -0.2) is 0 Å². The Morgan fingerprint density at radius 3 is 3.00 bits per heavy atom. The lowest BCUT2D eigenvalue weighted by molar-refractivity contribution is 0.00868. The number of ether oxygens (including phenoxy) is 1. The summed E-state index contributed by atoms with van der Waals surface area (Å²) >= 11 is 0. The number of H-pyrrole nitrogens is 1. The number of aromatic nitrogens is 2. The lowest BCUT2D eigenvalue weighted by atomic mass is 10.1. The molecule has 0 amide bonds. The first kappa shape index (κ1) is 14.5. The van der Waals surface area contributed by atoms with Crippen molar-refractivity contribution in [3.05, 3.63) is 44.6 Å². The molecule has 114 valence electrons. The van der Waals surface area contributed by atoms with Crippen LogP contribution in [0.2, 0.25) is 0 Å². The fourth-order valence-electron chi connectivity index (χ4n) is 2.82. The molecule has 22 heavy (non-hydrogen) atoms. The van der Waals surface area contributed by atoms with E-state index in [4.69, 9.17) is 10.00 Å². The van der Waals surface area contributed by atoms with Crippen molar-refractivity contribution in [2.24, 2.45) is 0 Å². The van der Waals surface area contributed by atoms with Crippen LogP contribution >= 0.6 is 0 Å². The van der Waals surface area contributed by atoms with Crippen molar-refractivity contribution in [2.45, 2.75) is 38.3 Å². The van der Waals surface area contributed by atoms with Crippen molar-refractivity contribution >= 4 is 10.9 Å².